The molecule has 1 saturated heterocycles. The first-order valence-corrected chi connectivity index (χ1v) is 9.83. The van der Waals surface area contributed by atoms with Crippen LogP contribution in [0.5, 0.6) is 0 Å². The van der Waals surface area contributed by atoms with Crippen LogP contribution in [0.25, 0.3) is 0 Å². The summed E-state index contributed by atoms with van der Waals surface area (Å²) in [7, 11) is 0. The Balaban J connectivity index is 1.66. The van der Waals surface area contributed by atoms with E-state index in [1.807, 2.05) is 55.5 Å². The standard InChI is InChI=1S/C19H19ClN4OS/c1-12-5-4-7-14(9-12)24-18(25)15-10-21-23-17(15)22-19(24)26-11-13-6-2-3-8-16(13)20/h2-9,15,17,21,23H,10-11H2,1H3. The molecule has 134 valence electrons. The van der Waals surface area contributed by atoms with E-state index in [-0.39, 0.29) is 18.0 Å². The van der Waals surface area contributed by atoms with E-state index >= 15 is 0 Å². The number of aryl methyl sites for hydroxylation is 1. The predicted molar refractivity (Wildman–Crippen MR) is 107 cm³/mol. The van der Waals surface area contributed by atoms with Gasteiger partial charge in [0.05, 0.1) is 11.6 Å². The Kier molecular flexibility index (Phi) is 5.00. The topological polar surface area (TPSA) is 56.7 Å². The van der Waals surface area contributed by atoms with Gasteiger partial charge in [-0.1, -0.05) is 53.7 Å². The molecular weight excluding hydrogens is 368 g/mol. The van der Waals surface area contributed by atoms with Crippen LogP contribution in [0.3, 0.4) is 0 Å². The minimum atomic E-state index is -0.225. The van der Waals surface area contributed by atoms with Gasteiger partial charge in [-0.05, 0) is 36.2 Å². The zero-order valence-electron chi connectivity index (χ0n) is 14.3. The molecule has 2 unspecified atom stereocenters. The molecule has 2 aliphatic heterocycles. The van der Waals surface area contributed by atoms with Crippen molar-refractivity contribution in [2.75, 3.05) is 11.4 Å². The van der Waals surface area contributed by atoms with Crippen LogP contribution in [0.2, 0.25) is 5.02 Å². The van der Waals surface area contributed by atoms with Gasteiger partial charge in [0.25, 0.3) is 0 Å². The maximum Gasteiger partial charge on any atom is 0.241 e. The molecule has 5 nitrogen and oxygen atoms in total. The molecule has 7 heteroatoms. The summed E-state index contributed by atoms with van der Waals surface area (Å²) in [5, 5.41) is 1.42. The number of hydrogen-bond donors (Lipinski definition) is 2. The van der Waals surface area contributed by atoms with Gasteiger partial charge < -0.3 is 0 Å². The van der Waals surface area contributed by atoms with Gasteiger partial charge in [-0.25, -0.2) is 10.4 Å². The molecule has 1 amide bonds. The van der Waals surface area contributed by atoms with Gasteiger partial charge in [0.15, 0.2) is 5.17 Å². The number of nitrogens with zero attached hydrogens (tertiary/aromatic N) is 2. The average molecular weight is 387 g/mol. The van der Waals surface area contributed by atoms with Crippen LogP contribution >= 0.6 is 23.4 Å². The number of rotatable bonds is 3. The maximum absolute atomic E-state index is 13.1. The summed E-state index contributed by atoms with van der Waals surface area (Å²) in [6, 6.07) is 15.7. The quantitative estimate of drug-likeness (QED) is 0.849. The molecule has 4 rings (SSSR count). The number of amidine groups is 1. The molecule has 0 radical (unpaired) electrons. The Morgan fingerprint density at radius 3 is 2.92 bits per heavy atom. The number of carbonyl (C=O) groups is 1. The van der Waals surface area contributed by atoms with Crippen molar-refractivity contribution in [2.45, 2.75) is 18.8 Å². The molecule has 2 aliphatic rings. The fraction of sp³-hybridized carbons (Fsp3) is 0.263. The number of amides is 1. The van der Waals surface area contributed by atoms with Gasteiger partial charge in [0, 0.05) is 17.3 Å². The van der Waals surface area contributed by atoms with Crippen molar-refractivity contribution in [3.63, 3.8) is 0 Å². The lowest BCUT2D eigenvalue weighted by Gasteiger charge is -2.32. The molecule has 2 atom stereocenters. The third-order valence-corrected chi connectivity index (χ3v) is 5.88. The molecule has 2 heterocycles. The molecule has 1 fully saturated rings. The van der Waals surface area contributed by atoms with Gasteiger partial charge in [-0.2, -0.15) is 0 Å². The summed E-state index contributed by atoms with van der Waals surface area (Å²) in [5.74, 6) is 0.522. The number of thioether (sulfide) groups is 1. The molecule has 0 bridgehead atoms. The van der Waals surface area contributed by atoms with Crippen molar-refractivity contribution in [2.24, 2.45) is 10.9 Å². The molecule has 0 spiro atoms. The molecule has 2 N–H and O–H groups in total. The fourth-order valence-corrected chi connectivity index (χ4v) is 4.46. The van der Waals surface area contributed by atoms with E-state index in [1.165, 1.54) is 11.8 Å². The van der Waals surface area contributed by atoms with Crippen LogP contribution in [0.15, 0.2) is 53.5 Å². The number of hydrazine groups is 1. The lowest BCUT2D eigenvalue weighted by Crippen LogP contribution is -2.49. The summed E-state index contributed by atoms with van der Waals surface area (Å²) in [4.78, 5) is 19.7. The number of benzene rings is 2. The van der Waals surface area contributed by atoms with Crippen LogP contribution in [-0.2, 0) is 10.5 Å². The van der Waals surface area contributed by atoms with Crippen LogP contribution in [0, 0.1) is 12.8 Å². The highest BCUT2D eigenvalue weighted by molar-refractivity contribution is 8.13. The van der Waals surface area contributed by atoms with Gasteiger partial charge in [-0.3, -0.25) is 15.1 Å². The molecular formula is C19H19ClN4OS. The van der Waals surface area contributed by atoms with E-state index in [9.17, 15) is 4.79 Å². The third-order valence-electron chi connectivity index (χ3n) is 4.51. The highest BCUT2D eigenvalue weighted by Crippen LogP contribution is 2.31. The fourth-order valence-electron chi connectivity index (χ4n) is 3.13. The summed E-state index contributed by atoms with van der Waals surface area (Å²) in [5.41, 5.74) is 9.12. The van der Waals surface area contributed by atoms with E-state index < -0.39 is 0 Å². The zero-order chi connectivity index (χ0) is 18.1. The number of carbonyl (C=O) groups excluding carboxylic acids is 1. The molecule has 0 aliphatic carbocycles. The lowest BCUT2D eigenvalue weighted by molar-refractivity contribution is -0.121. The minimum absolute atomic E-state index is 0.0646. The summed E-state index contributed by atoms with van der Waals surface area (Å²) in [6.45, 7) is 2.60. The Morgan fingerprint density at radius 1 is 1.27 bits per heavy atom. The third kappa shape index (κ3) is 3.38. The van der Waals surface area contributed by atoms with E-state index in [0.29, 0.717) is 17.5 Å². The smallest absolute Gasteiger partial charge is 0.241 e. The van der Waals surface area contributed by atoms with Crippen molar-refractivity contribution >= 4 is 40.1 Å². The van der Waals surface area contributed by atoms with Crippen LogP contribution < -0.4 is 15.8 Å². The van der Waals surface area contributed by atoms with Gasteiger partial charge in [0.1, 0.15) is 6.17 Å². The largest absolute Gasteiger partial charge is 0.274 e. The second kappa shape index (κ2) is 7.40. The first kappa shape index (κ1) is 17.5. The van der Waals surface area contributed by atoms with Crippen molar-refractivity contribution in [3.8, 4) is 0 Å². The predicted octanol–water partition coefficient (Wildman–Crippen LogP) is 3.33. The van der Waals surface area contributed by atoms with Crippen molar-refractivity contribution in [3.05, 3.63) is 64.7 Å². The van der Waals surface area contributed by atoms with E-state index in [0.717, 1.165) is 21.8 Å². The number of aliphatic imine (C=N–C) groups is 1. The van der Waals surface area contributed by atoms with E-state index in [4.69, 9.17) is 16.6 Å². The van der Waals surface area contributed by atoms with Gasteiger partial charge in [-0.15, -0.1) is 0 Å². The van der Waals surface area contributed by atoms with E-state index in [1.54, 1.807) is 4.90 Å². The molecule has 26 heavy (non-hydrogen) atoms. The number of nitrogens with one attached hydrogen (secondary N) is 2. The normalized spacial score (nSPS) is 22.3. The second-order valence-electron chi connectivity index (χ2n) is 6.38. The lowest BCUT2D eigenvalue weighted by atomic mass is 10.0. The van der Waals surface area contributed by atoms with Crippen molar-refractivity contribution < 1.29 is 4.79 Å². The monoisotopic (exact) mass is 386 g/mol. The first-order valence-electron chi connectivity index (χ1n) is 8.46. The highest BCUT2D eigenvalue weighted by atomic mass is 35.5. The number of hydrogen-bond acceptors (Lipinski definition) is 5. The first-order chi connectivity index (χ1) is 12.6. The van der Waals surface area contributed by atoms with Crippen molar-refractivity contribution in [1.82, 2.24) is 10.9 Å². The number of fused-ring (bicyclic) bond motifs is 1. The van der Waals surface area contributed by atoms with Crippen molar-refractivity contribution in [1.29, 1.82) is 0 Å². The molecule has 0 aromatic heterocycles. The van der Waals surface area contributed by atoms with E-state index in [2.05, 4.69) is 10.9 Å². The molecule has 2 aromatic carbocycles. The Bertz CT molecular complexity index is 872. The minimum Gasteiger partial charge on any atom is -0.274 e. The number of anilines is 1. The van der Waals surface area contributed by atoms with Crippen LogP contribution in [0.1, 0.15) is 11.1 Å². The summed E-state index contributed by atoms with van der Waals surface area (Å²) >= 11 is 7.81. The summed E-state index contributed by atoms with van der Waals surface area (Å²) < 4.78 is 0. The van der Waals surface area contributed by atoms with Crippen LogP contribution in [0.4, 0.5) is 5.69 Å². The van der Waals surface area contributed by atoms with Gasteiger partial charge >= 0.3 is 0 Å². The molecule has 0 saturated carbocycles. The average Bonchev–Trinajstić information content (AvgIpc) is 3.10. The number of halogens is 1. The highest BCUT2D eigenvalue weighted by Gasteiger charge is 2.42. The van der Waals surface area contributed by atoms with Crippen LogP contribution in [-0.4, -0.2) is 23.8 Å². The Labute approximate surface area is 161 Å². The zero-order valence-corrected chi connectivity index (χ0v) is 15.8. The Morgan fingerprint density at radius 2 is 2.12 bits per heavy atom. The second-order valence-corrected chi connectivity index (χ2v) is 7.73. The SMILES string of the molecule is Cc1cccc(N2C(=O)C3CNNC3N=C2SCc2ccccc2Cl)c1. The van der Waals surface area contributed by atoms with Gasteiger partial charge in [0.2, 0.25) is 5.91 Å². The summed E-state index contributed by atoms with van der Waals surface area (Å²) in [6.07, 6.45) is -0.225. The Hall–Kier alpha value is -1.86. The maximum atomic E-state index is 13.1. The molecule has 2 aromatic rings.